The first-order chi connectivity index (χ1) is 9.46. The molecule has 0 aromatic heterocycles. The van der Waals surface area contributed by atoms with Crippen LogP contribution in [0.3, 0.4) is 0 Å². The molecule has 1 aromatic carbocycles. The summed E-state index contributed by atoms with van der Waals surface area (Å²) < 4.78 is 0. The van der Waals surface area contributed by atoms with Crippen molar-refractivity contribution in [2.24, 2.45) is 5.41 Å². The minimum Gasteiger partial charge on any atom is -0.396 e. The van der Waals surface area contributed by atoms with Crippen molar-refractivity contribution in [1.29, 1.82) is 0 Å². The van der Waals surface area contributed by atoms with Gasteiger partial charge in [-0.2, -0.15) is 0 Å². The molecule has 0 saturated heterocycles. The molecule has 1 fully saturated rings. The van der Waals surface area contributed by atoms with Gasteiger partial charge in [-0.15, -0.1) is 0 Å². The molecule has 1 saturated carbocycles. The fourth-order valence-electron chi connectivity index (χ4n) is 2.23. The molecule has 3 nitrogen and oxygen atoms in total. The van der Waals surface area contributed by atoms with E-state index < -0.39 is 0 Å². The van der Waals surface area contributed by atoms with Gasteiger partial charge in [-0.1, -0.05) is 12.1 Å². The average molecular weight is 273 g/mol. The highest BCUT2D eigenvalue weighted by Gasteiger charge is 2.41. The number of hydrogen-bond donors (Lipinski definition) is 2. The lowest BCUT2D eigenvalue weighted by molar-refractivity contribution is -0.116. The summed E-state index contributed by atoms with van der Waals surface area (Å²) in [6.07, 6.45) is 5.44. The maximum atomic E-state index is 11.8. The number of aryl methyl sites for hydroxylation is 3. The molecule has 0 aliphatic heterocycles. The van der Waals surface area contributed by atoms with Crippen LogP contribution >= 0.6 is 0 Å². The van der Waals surface area contributed by atoms with E-state index >= 15 is 0 Å². The van der Waals surface area contributed by atoms with Gasteiger partial charge < -0.3 is 10.4 Å². The monoisotopic (exact) mass is 273 g/mol. The molecule has 1 aliphatic carbocycles. The maximum Gasteiger partial charge on any atom is 0.244 e. The van der Waals surface area contributed by atoms with E-state index in [0.717, 1.165) is 18.4 Å². The molecule has 1 aliphatic rings. The van der Waals surface area contributed by atoms with Crippen LogP contribution in [-0.2, 0) is 4.79 Å². The van der Waals surface area contributed by atoms with Gasteiger partial charge in [0.1, 0.15) is 0 Å². The maximum absolute atomic E-state index is 11.8. The second-order valence-corrected chi connectivity index (χ2v) is 6.00. The molecular formula is C17H23NO2. The van der Waals surface area contributed by atoms with E-state index in [1.807, 2.05) is 6.08 Å². The zero-order valence-corrected chi connectivity index (χ0v) is 12.5. The largest absolute Gasteiger partial charge is 0.396 e. The van der Waals surface area contributed by atoms with Crippen LogP contribution in [0.2, 0.25) is 0 Å². The van der Waals surface area contributed by atoms with Crippen LogP contribution in [0.1, 0.15) is 35.1 Å². The van der Waals surface area contributed by atoms with E-state index in [0.29, 0.717) is 6.54 Å². The van der Waals surface area contributed by atoms with E-state index in [4.69, 9.17) is 0 Å². The highest BCUT2D eigenvalue weighted by molar-refractivity contribution is 5.92. The standard InChI is InChI=1S/C17H23NO2/c1-12-8-14(3)15(9-13(12)2)4-5-16(20)18-10-17(11-19)6-7-17/h4-5,8-9,19H,6-7,10-11H2,1-3H3,(H,18,20)/b5-4+. The fraction of sp³-hybridized carbons (Fsp3) is 0.471. The van der Waals surface area contributed by atoms with Gasteiger partial charge in [0, 0.05) is 18.0 Å². The number of aliphatic hydroxyl groups is 1. The van der Waals surface area contributed by atoms with Crippen LogP contribution in [0, 0.1) is 26.2 Å². The van der Waals surface area contributed by atoms with E-state index in [2.05, 4.69) is 38.2 Å². The van der Waals surface area contributed by atoms with Crippen molar-refractivity contribution >= 4 is 12.0 Å². The predicted molar refractivity (Wildman–Crippen MR) is 81.4 cm³/mol. The van der Waals surface area contributed by atoms with Crippen molar-refractivity contribution in [3.8, 4) is 0 Å². The lowest BCUT2D eigenvalue weighted by atomic mass is 10.0. The molecule has 108 valence electrons. The predicted octanol–water partition coefficient (Wildman–Crippen LogP) is 2.51. The van der Waals surface area contributed by atoms with E-state index in [9.17, 15) is 9.90 Å². The van der Waals surface area contributed by atoms with Crippen molar-refractivity contribution in [3.63, 3.8) is 0 Å². The quantitative estimate of drug-likeness (QED) is 0.810. The Labute approximate surface area is 120 Å². The first-order valence-corrected chi connectivity index (χ1v) is 7.10. The number of carbonyl (C=O) groups excluding carboxylic acids is 1. The molecule has 0 radical (unpaired) electrons. The number of rotatable bonds is 5. The summed E-state index contributed by atoms with van der Waals surface area (Å²) >= 11 is 0. The van der Waals surface area contributed by atoms with Gasteiger partial charge in [-0.3, -0.25) is 4.79 Å². The molecule has 1 aromatic rings. The summed E-state index contributed by atoms with van der Waals surface area (Å²) in [7, 11) is 0. The summed E-state index contributed by atoms with van der Waals surface area (Å²) in [5.74, 6) is -0.0950. The Bertz CT molecular complexity index is 542. The zero-order chi connectivity index (χ0) is 14.8. The number of amides is 1. The highest BCUT2D eigenvalue weighted by atomic mass is 16.3. The van der Waals surface area contributed by atoms with Gasteiger partial charge in [0.2, 0.25) is 5.91 Å². The van der Waals surface area contributed by atoms with Gasteiger partial charge in [0.05, 0.1) is 6.61 Å². The Morgan fingerprint density at radius 2 is 1.90 bits per heavy atom. The van der Waals surface area contributed by atoms with Crippen LogP contribution in [0.25, 0.3) is 6.08 Å². The second kappa shape index (κ2) is 5.80. The Morgan fingerprint density at radius 1 is 1.25 bits per heavy atom. The Kier molecular flexibility index (Phi) is 4.29. The lowest BCUT2D eigenvalue weighted by Crippen LogP contribution is -2.30. The highest BCUT2D eigenvalue weighted by Crippen LogP contribution is 2.44. The van der Waals surface area contributed by atoms with Gasteiger partial charge in [0.15, 0.2) is 0 Å². The zero-order valence-electron chi connectivity index (χ0n) is 12.5. The third-order valence-corrected chi connectivity index (χ3v) is 4.23. The number of aliphatic hydroxyl groups excluding tert-OH is 1. The van der Waals surface area contributed by atoms with Crippen LogP contribution in [0.5, 0.6) is 0 Å². The van der Waals surface area contributed by atoms with Crippen molar-refractivity contribution in [2.45, 2.75) is 33.6 Å². The molecule has 0 heterocycles. The molecule has 2 N–H and O–H groups in total. The molecule has 0 spiro atoms. The smallest absolute Gasteiger partial charge is 0.244 e. The van der Waals surface area contributed by atoms with Crippen molar-refractivity contribution in [2.75, 3.05) is 13.2 Å². The normalized spacial score (nSPS) is 16.4. The van der Waals surface area contributed by atoms with Crippen molar-refractivity contribution in [3.05, 3.63) is 40.5 Å². The van der Waals surface area contributed by atoms with E-state index in [1.54, 1.807) is 6.08 Å². The summed E-state index contributed by atoms with van der Waals surface area (Å²) in [6, 6.07) is 4.24. The molecule has 0 bridgehead atoms. The molecular weight excluding hydrogens is 250 g/mol. The Hall–Kier alpha value is -1.61. The third-order valence-electron chi connectivity index (χ3n) is 4.23. The van der Waals surface area contributed by atoms with Gasteiger partial charge in [0.25, 0.3) is 0 Å². The molecule has 3 heteroatoms. The van der Waals surface area contributed by atoms with Crippen LogP contribution in [0.15, 0.2) is 18.2 Å². The summed E-state index contributed by atoms with van der Waals surface area (Å²) in [6.45, 7) is 6.94. The first-order valence-electron chi connectivity index (χ1n) is 7.10. The summed E-state index contributed by atoms with van der Waals surface area (Å²) in [5, 5.41) is 12.1. The average Bonchev–Trinajstić information content (AvgIpc) is 3.20. The molecule has 2 rings (SSSR count). The van der Waals surface area contributed by atoms with Crippen LogP contribution < -0.4 is 5.32 Å². The summed E-state index contributed by atoms with van der Waals surface area (Å²) in [5.41, 5.74) is 4.70. The number of benzene rings is 1. The third kappa shape index (κ3) is 3.48. The van der Waals surface area contributed by atoms with E-state index in [-0.39, 0.29) is 17.9 Å². The molecule has 20 heavy (non-hydrogen) atoms. The van der Waals surface area contributed by atoms with E-state index in [1.165, 1.54) is 16.7 Å². The van der Waals surface area contributed by atoms with Gasteiger partial charge >= 0.3 is 0 Å². The fourth-order valence-corrected chi connectivity index (χ4v) is 2.23. The van der Waals surface area contributed by atoms with Gasteiger partial charge in [-0.25, -0.2) is 0 Å². The molecule has 1 amide bonds. The van der Waals surface area contributed by atoms with Gasteiger partial charge in [-0.05, 0) is 61.9 Å². The SMILES string of the molecule is Cc1cc(C)c(/C=C/C(=O)NCC2(CO)CC2)cc1C. The van der Waals surface area contributed by atoms with Crippen molar-refractivity contribution in [1.82, 2.24) is 5.32 Å². The number of carbonyl (C=O) groups is 1. The number of hydrogen-bond acceptors (Lipinski definition) is 2. The minimum absolute atomic E-state index is 0.0418. The van der Waals surface area contributed by atoms with Crippen LogP contribution in [-0.4, -0.2) is 24.2 Å². The Morgan fingerprint density at radius 3 is 2.50 bits per heavy atom. The van der Waals surface area contributed by atoms with Crippen molar-refractivity contribution < 1.29 is 9.90 Å². The minimum atomic E-state index is -0.0950. The molecule has 0 unspecified atom stereocenters. The topological polar surface area (TPSA) is 49.3 Å². The first kappa shape index (κ1) is 14.8. The van der Waals surface area contributed by atoms with Crippen LogP contribution in [0.4, 0.5) is 0 Å². The Balaban J connectivity index is 1.95. The molecule has 0 atom stereocenters. The lowest BCUT2D eigenvalue weighted by Gasteiger charge is -2.11. The second-order valence-electron chi connectivity index (χ2n) is 6.00. The summed E-state index contributed by atoms with van der Waals surface area (Å²) in [4.78, 5) is 11.8. The number of nitrogens with one attached hydrogen (secondary N) is 1.